The van der Waals surface area contributed by atoms with E-state index in [4.69, 9.17) is 19.0 Å². The number of nitrogens with one attached hydrogen (secondary N) is 4. The molecule has 1 unspecified atom stereocenters. The largest absolute Gasteiger partial charge is 0.507 e. The van der Waals surface area contributed by atoms with E-state index in [2.05, 4.69) is 104 Å². The summed E-state index contributed by atoms with van der Waals surface area (Å²) in [6.45, 7) is 28.8. The summed E-state index contributed by atoms with van der Waals surface area (Å²) in [7, 11) is -8.39. The third-order valence-corrected chi connectivity index (χ3v) is 31.0. The highest BCUT2D eigenvalue weighted by Crippen LogP contribution is 2.52. The Morgan fingerprint density at radius 1 is 0.797 bits per heavy atom. The summed E-state index contributed by atoms with van der Waals surface area (Å²) >= 11 is 0. The number of ketones is 1. The number of hydrogen-bond donors (Lipinski definition) is 6. The molecule has 0 aliphatic carbocycles. The van der Waals surface area contributed by atoms with Crippen molar-refractivity contribution in [3.63, 3.8) is 0 Å². The van der Waals surface area contributed by atoms with Gasteiger partial charge in [-0.1, -0.05) is 121 Å². The standard InChI is InChI=1S/C51H83N5O10Si3/c1-15-34(14)45(59)49(62)54-39-28-35-25-26-42(57)37(27-35)36-23-22-24-38-44(36)56-50(63)51(38,66-68(19-5,20-6)21-7)46(65-67(16-2,17-3)18-4)41(30-64-69(31(8)9,32(10)11)33(12)13)55-48(61)40(29-43(52)58)53-47(39)60/h22-27,31-34,39-41,46,57H,15-21,28-30H2,1-14H3,(H2,52,58)(H,53,60)(H,54,62)(H,55,61)(H,56,63)/t34?,39-,40-,41+,46+,51+/m0/s1. The molecule has 0 spiro atoms. The smallest absolute Gasteiger partial charge is 0.288 e. The maximum atomic E-state index is 15.9. The van der Waals surface area contributed by atoms with E-state index >= 15 is 9.59 Å². The first-order valence-electron chi connectivity index (χ1n) is 25.5. The second-order valence-electron chi connectivity index (χ2n) is 20.3. The van der Waals surface area contributed by atoms with E-state index in [-0.39, 0.29) is 35.4 Å². The van der Waals surface area contributed by atoms with E-state index in [0.29, 0.717) is 70.6 Å². The van der Waals surface area contributed by atoms with Crippen LogP contribution in [-0.2, 0) is 54.1 Å². The van der Waals surface area contributed by atoms with Crippen LogP contribution < -0.4 is 27.0 Å². The van der Waals surface area contributed by atoms with E-state index in [1.54, 1.807) is 32.0 Å². The van der Waals surface area contributed by atoms with Crippen LogP contribution in [0.5, 0.6) is 5.75 Å². The van der Waals surface area contributed by atoms with Crippen LogP contribution >= 0.6 is 0 Å². The Kier molecular flexibility index (Phi) is 19.8. The molecule has 18 heteroatoms. The molecule has 384 valence electrons. The number of anilines is 1. The number of amides is 5. The van der Waals surface area contributed by atoms with Crippen LogP contribution in [0.2, 0.25) is 52.9 Å². The van der Waals surface area contributed by atoms with Gasteiger partial charge in [0.05, 0.1) is 24.8 Å². The molecule has 0 saturated carbocycles. The highest BCUT2D eigenvalue weighted by atomic mass is 28.4. The van der Waals surface area contributed by atoms with Crippen molar-refractivity contribution < 1.29 is 47.2 Å². The molecule has 2 aliphatic heterocycles. The van der Waals surface area contributed by atoms with Crippen LogP contribution in [0, 0.1) is 5.92 Å². The third kappa shape index (κ3) is 11.8. The molecule has 4 rings (SSSR count). The van der Waals surface area contributed by atoms with Gasteiger partial charge in [0.1, 0.15) is 23.9 Å². The summed E-state index contributed by atoms with van der Waals surface area (Å²) in [5.41, 5.74) is 6.49. The average Bonchev–Trinajstić information content (AvgIpc) is 3.60. The maximum absolute atomic E-state index is 15.9. The van der Waals surface area contributed by atoms with E-state index < -0.39 is 102 Å². The molecule has 2 aliphatic rings. The summed E-state index contributed by atoms with van der Waals surface area (Å²) in [5.74, 6) is -5.47. The number of carbonyl (C=O) groups is 6. The molecule has 0 aromatic heterocycles. The van der Waals surface area contributed by atoms with Crippen LogP contribution in [0.4, 0.5) is 5.69 Å². The Labute approximate surface area is 414 Å². The normalized spacial score (nSPS) is 21.8. The fourth-order valence-electron chi connectivity index (χ4n) is 10.9. The van der Waals surface area contributed by atoms with Crippen molar-refractivity contribution in [2.24, 2.45) is 11.7 Å². The number of fused-ring (bicyclic) bond motifs is 3. The molecular weight excluding hydrogens is 927 g/mol. The number of phenols is 1. The Hall–Kier alpha value is -4.21. The first-order valence-corrected chi connectivity index (χ1v) is 32.7. The number of phenolic OH excluding ortho intramolecular Hbond substituents is 1. The lowest BCUT2D eigenvalue weighted by Gasteiger charge is -2.50. The quantitative estimate of drug-likeness (QED) is 0.0489. The van der Waals surface area contributed by atoms with Gasteiger partial charge in [-0.15, -0.1) is 0 Å². The molecule has 7 N–H and O–H groups in total. The number of nitrogens with two attached hydrogens (primary N) is 1. The van der Waals surface area contributed by atoms with Gasteiger partial charge in [-0.25, -0.2) is 0 Å². The van der Waals surface area contributed by atoms with Gasteiger partial charge in [-0.3, -0.25) is 28.8 Å². The van der Waals surface area contributed by atoms with Crippen molar-refractivity contribution in [1.82, 2.24) is 16.0 Å². The van der Waals surface area contributed by atoms with Crippen molar-refractivity contribution in [1.29, 1.82) is 0 Å². The second kappa shape index (κ2) is 23.8. The second-order valence-corrected chi connectivity index (χ2v) is 35.2. The summed E-state index contributed by atoms with van der Waals surface area (Å²) in [6.07, 6.45) is -1.66. The molecule has 15 nitrogen and oxygen atoms in total. The molecule has 0 radical (unpaired) electrons. The number of benzene rings is 2. The van der Waals surface area contributed by atoms with Gasteiger partial charge in [-0.05, 0) is 77.0 Å². The minimum absolute atomic E-state index is 0.110. The van der Waals surface area contributed by atoms with Gasteiger partial charge in [0.25, 0.3) is 11.8 Å². The molecule has 6 atom stereocenters. The van der Waals surface area contributed by atoms with Gasteiger partial charge in [0, 0.05) is 29.0 Å². The lowest BCUT2D eigenvalue weighted by Crippen LogP contribution is -2.67. The fourth-order valence-corrected chi connectivity index (χ4v) is 22.2. The molecule has 0 saturated heterocycles. The number of aromatic hydroxyl groups is 1. The highest BCUT2D eigenvalue weighted by molar-refractivity contribution is 6.77. The molecule has 69 heavy (non-hydrogen) atoms. The van der Waals surface area contributed by atoms with E-state index in [0.717, 1.165) is 0 Å². The fraction of sp³-hybridized carbons (Fsp3) is 0.647. The Bertz CT molecular complexity index is 2140. The van der Waals surface area contributed by atoms with Crippen molar-refractivity contribution in [3.8, 4) is 16.9 Å². The molecular formula is C51H83N5O10Si3. The van der Waals surface area contributed by atoms with Crippen LogP contribution in [0.25, 0.3) is 11.1 Å². The molecule has 5 amide bonds. The zero-order chi connectivity index (χ0) is 51.8. The molecule has 0 fully saturated rings. The molecule has 6 bridgehead atoms. The Morgan fingerprint density at radius 3 is 1.90 bits per heavy atom. The van der Waals surface area contributed by atoms with Crippen LogP contribution in [0.3, 0.4) is 0 Å². The monoisotopic (exact) mass is 1010 g/mol. The van der Waals surface area contributed by atoms with Crippen LogP contribution in [-0.4, -0.2) is 96.2 Å². The highest BCUT2D eigenvalue weighted by Gasteiger charge is 2.62. The number of hydrogen-bond acceptors (Lipinski definition) is 10. The van der Waals surface area contributed by atoms with Crippen molar-refractivity contribution >= 4 is 66.0 Å². The summed E-state index contributed by atoms with van der Waals surface area (Å²) in [6, 6.07) is 10.1. The molecule has 2 aromatic rings. The van der Waals surface area contributed by atoms with Crippen LogP contribution in [0.15, 0.2) is 36.4 Å². The van der Waals surface area contributed by atoms with Crippen molar-refractivity contribution in [2.75, 3.05) is 11.9 Å². The zero-order valence-corrected chi connectivity index (χ0v) is 46.9. The summed E-state index contributed by atoms with van der Waals surface area (Å²) < 4.78 is 22.9. The van der Waals surface area contributed by atoms with Gasteiger partial charge in [-0.2, -0.15) is 0 Å². The maximum Gasteiger partial charge on any atom is 0.288 e. The predicted octanol–water partition coefficient (Wildman–Crippen LogP) is 8.31. The lowest BCUT2D eigenvalue weighted by atomic mass is 9.84. The average molecular weight is 1010 g/mol. The number of carbonyl (C=O) groups excluding carboxylic acids is 6. The third-order valence-electron chi connectivity index (χ3n) is 15.7. The van der Waals surface area contributed by atoms with Crippen molar-refractivity contribution in [3.05, 3.63) is 47.5 Å². The molecule has 2 heterocycles. The van der Waals surface area contributed by atoms with Gasteiger partial charge in [0.15, 0.2) is 30.6 Å². The van der Waals surface area contributed by atoms with E-state index in [9.17, 15) is 24.3 Å². The van der Waals surface area contributed by atoms with E-state index in [1.165, 1.54) is 6.07 Å². The van der Waals surface area contributed by atoms with E-state index in [1.807, 2.05) is 12.1 Å². The van der Waals surface area contributed by atoms with Crippen molar-refractivity contribution in [2.45, 2.75) is 199 Å². The zero-order valence-electron chi connectivity index (χ0n) is 43.9. The van der Waals surface area contributed by atoms with Gasteiger partial charge < -0.3 is 45.4 Å². The predicted molar refractivity (Wildman–Crippen MR) is 279 cm³/mol. The number of rotatable bonds is 22. The minimum Gasteiger partial charge on any atom is -0.507 e. The first-order chi connectivity index (χ1) is 32.5. The number of primary amides is 1. The minimum atomic E-state index is -2.84. The lowest BCUT2D eigenvalue weighted by molar-refractivity contribution is -0.148. The first kappa shape index (κ1) is 57.4. The van der Waals surface area contributed by atoms with Gasteiger partial charge >= 0.3 is 0 Å². The molecule has 2 aromatic carbocycles. The topological polar surface area (TPSA) is 224 Å². The number of para-hydroxylation sites is 1. The Morgan fingerprint density at radius 2 is 1.38 bits per heavy atom. The summed E-state index contributed by atoms with van der Waals surface area (Å²) in [4.78, 5) is 85.4. The summed E-state index contributed by atoms with van der Waals surface area (Å²) in [5, 5.41) is 23.4. The Balaban J connectivity index is 2.24. The van der Waals surface area contributed by atoms with Gasteiger partial charge in [0.2, 0.25) is 23.5 Å². The number of Topliss-reactive ketones (excluding diaryl/α,β-unsaturated/α-hetero) is 1. The van der Waals surface area contributed by atoms with Crippen LogP contribution in [0.1, 0.15) is 121 Å². The SMILES string of the molecule is CCC(C)C(=O)C(=O)N[C@H]1Cc2ccc(O)c(c2)-c2cccc3c2NC(=O)[C@]3(O[Si](CC)(CC)CC)[C@H](O[Si](CC)(CC)CC)[C@@H](CO[Si](C(C)C)(C(C)C)C(C)C)NC(=O)[C@H](CC(N)=O)NC1=O.